The van der Waals surface area contributed by atoms with E-state index < -0.39 is 11.8 Å². The summed E-state index contributed by atoms with van der Waals surface area (Å²) in [6.07, 6.45) is -0.186. The van der Waals surface area contributed by atoms with E-state index >= 15 is 0 Å². The number of aryl methyl sites for hydroxylation is 2. The first-order valence-corrected chi connectivity index (χ1v) is 10.1. The highest BCUT2D eigenvalue weighted by Crippen LogP contribution is 2.39. The monoisotopic (exact) mass is 473 g/mol. The Labute approximate surface area is 182 Å². The Morgan fingerprint density at radius 3 is 2.53 bits per heavy atom. The number of carbonyl (C=O) groups excluding carboxylic acids is 3. The van der Waals surface area contributed by atoms with Crippen LogP contribution in [-0.4, -0.2) is 17.7 Å². The third kappa shape index (κ3) is 4.59. The zero-order chi connectivity index (χ0) is 22.0. The predicted molar refractivity (Wildman–Crippen MR) is 116 cm³/mol. The Morgan fingerprint density at radius 2 is 1.87 bits per heavy atom. The van der Waals surface area contributed by atoms with Gasteiger partial charge in [-0.1, -0.05) is 24.3 Å². The lowest BCUT2D eigenvalue weighted by Gasteiger charge is -2.24. The summed E-state index contributed by atoms with van der Waals surface area (Å²) < 4.78 is 14.5. The molecule has 1 aliphatic rings. The summed E-state index contributed by atoms with van der Waals surface area (Å²) in [6, 6.07) is 10.4. The van der Waals surface area contributed by atoms with Crippen molar-refractivity contribution < 1.29 is 18.8 Å². The van der Waals surface area contributed by atoms with Crippen LogP contribution >= 0.6 is 15.9 Å². The highest BCUT2D eigenvalue weighted by molar-refractivity contribution is 9.15. The maximum Gasteiger partial charge on any atom is 0.267 e. The van der Waals surface area contributed by atoms with E-state index in [0.717, 1.165) is 5.56 Å². The van der Waals surface area contributed by atoms with Gasteiger partial charge in [0.05, 0.1) is 18.7 Å². The fraction of sp³-hybridized carbons (Fsp3) is 0.227. The molecule has 0 saturated heterocycles. The molecule has 0 bridgehead atoms. The number of benzene rings is 2. The number of hydrogen-bond acceptors (Lipinski definition) is 3. The van der Waals surface area contributed by atoms with Crippen molar-refractivity contribution in [2.24, 2.45) is 0 Å². The predicted octanol–water partition coefficient (Wildman–Crippen LogP) is 3.65. The lowest BCUT2D eigenvalue weighted by atomic mass is 10.1. The van der Waals surface area contributed by atoms with Crippen LogP contribution in [-0.2, 0) is 20.9 Å². The minimum Gasteiger partial charge on any atom is -0.307 e. The van der Waals surface area contributed by atoms with Crippen molar-refractivity contribution in [2.45, 2.75) is 33.7 Å². The largest absolute Gasteiger partial charge is 0.307 e. The van der Waals surface area contributed by atoms with E-state index in [4.69, 9.17) is 0 Å². The van der Waals surface area contributed by atoms with Crippen molar-refractivity contribution in [3.05, 3.63) is 70.0 Å². The molecule has 0 aromatic heterocycles. The van der Waals surface area contributed by atoms with Crippen molar-refractivity contribution in [1.82, 2.24) is 10.9 Å². The number of halogens is 2. The molecule has 8 heteroatoms. The smallest absolute Gasteiger partial charge is 0.267 e. The fourth-order valence-corrected chi connectivity index (χ4v) is 3.82. The second-order valence-corrected chi connectivity index (χ2v) is 7.98. The van der Waals surface area contributed by atoms with Crippen LogP contribution in [0.15, 0.2) is 42.0 Å². The fourth-order valence-electron chi connectivity index (χ4n) is 3.16. The SMILES string of the molecule is CC(=O)NNC(=O)C1=C(Br)c2ccc(C)cc2N(Cc2ccc(C)c(F)c2)C(=O)C1. The van der Waals surface area contributed by atoms with Crippen molar-refractivity contribution >= 4 is 43.8 Å². The lowest BCUT2D eigenvalue weighted by molar-refractivity contribution is -0.126. The van der Waals surface area contributed by atoms with Crippen LogP contribution in [0.1, 0.15) is 35.6 Å². The summed E-state index contributed by atoms with van der Waals surface area (Å²) in [5.74, 6) is -1.67. The van der Waals surface area contributed by atoms with Gasteiger partial charge in [-0.25, -0.2) is 4.39 Å². The van der Waals surface area contributed by atoms with Crippen LogP contribution in [0.25, 0.3) is 4.48 Å². The minimum absolute atomic E-state index is 0.160. The van der Waals surface area contributed by atoms with Crippen LogP contribution in [0.2, 0.25) is 0 Å². The van der Waals surface area contributed by atoms with Crippen LogP contribution in [0.4, 0.5) is 10.1 Å². The van der Waals surface area contributed by atoms with Gasteiger partial charge in [-0.2, -0.15) is 0 Å². The number of nitrogens with one attached hydrogen (secondary N) is 2. The molecule has 3 rings (SSSR count). The molecule has 3 amide bonds. The summed E-state index contributed by atoms with van der Waals surface area (Å²) in [5.41, 5.74) is 8.11. The molecule has 30 heavy (non-hydrogen) atoms. The molecule has 0 fully saturated rings. The number of hydrogen-bond donors (Lipinski definition) is 2. The Bertz CT molecular complexity index is 1080. The third-order valence-corrected chi connectivity index (χ3v) is 5.68. The topological polar surface area (TPSA) is 78.5 Å². The highest BCUT2D eigenvalue weighted by Gasteiger charge is 2.30. The second kappa shape index (κ2) is 8.79. The maximum absolute atomic E-state index is 14.0. The number of anilines is 1. The van der Waals surface area contributed by atoms with E-state index in [2.05, 4.69) is 26.8 Å². The van der Waals surface area contributed by atoms with Gasteiger partial charge in [0.15, 0.2) is 0 Å². The van der Waals surface area contributed by atoms with Gasteiger partial charge in [0.25, 0.3) is 5.91 Å². The minimum atomic E-state index is -0.583. The summed E-state index contributed by atoms with van der Waals surface area (Å²) in [5, 5.41) is 0. The number of carbonyl (C=O) groups is 3. The molecular formula is C22H21BrFN3O3. The van der Waals surface area contributed by atoms with E-state index in [1.807, 2.05) is 25.1 Å². The van der Waals surface area contributed by atoms with Gasteiger partial charge < -0.3 is 4.90 Å². The molecule has 1 heterocycles. The van der Waals surface area contributed by atoms with Crippen LogP contribution in [0.5, 0.6) is 0 Å². The standard InChI is InChI=1S/C22H21BrFN3O3/c1-12-4-7-16-19(8-12)27(11-15-6-5-13(2)18(24)9-15)20(29)10-17(21(16)23)22(30)26-25-14(3)28/h4-9H,10-11H2,1-3H3,(H,25,28)(H,26,30). The molecule has 0 unspecified atom stereocenters. The van der Waals surface area contributed by atoms with E-state index in [1.165, 1.54) is 13.0 Å². The number of amides is 3. The number of nitrogens with zero attached hydrogens (tertiary/aromatic N) is 1. The van der Waals surface area contributed by atoms with E-state index in [0.29, 0.717) is 26.9 Å². The first-order valence-electron chi connectivity index (χ1n) is 9.29. The molecule has 1 aliphatic heterocycles. The quantitative estimate of drug-likeness (QED) is 0.667. The molecular weight excluding hydrogens is 453 g/mol. The van der Waals surface area contributed by atoms with Crippen LogP contribution in [0, 0.1) is 19.7 Å². The molecule has 0 radical (unpaired) electrons. The molecule has 2 aromatic rings. The molecule has 0 saturated carbocycles. The molecule has 0 atom stereocenters. The summed E-state index contributed by atoms with van der Waals surface area (Å²) in [4.78, 5) is 38.4. The van der Waals surface area contributed by atoms with Crippen LogP contribution < -0.4 is 15.8 Å². The first-order chi connectivity index (χ1) is 14.2. The Morgan fingerprint density at radius 1 is 1.13 bits per heavy atom. The first kappa shape index (κ1) is 21.7. The van der Waals surface area contributed by atoms with Crippen molar-refractivity contribution in [3.63, 3.8) is 0 Å². The van der Waals surface area contributed by atoms with E-state index in [9.17, 15) is 18.8 Å². The summed E-state index contributed by atoms with van der Waals surface area (Å²) in [6.45, 7) is 5.01. The normalized spacial score (nSPS) is 13.6. The average Bonchev–Trinajstić information content (AvgIpc) is 2.79. The van der Waals surface area contributed by atoms with Gasteiger partial charge in [-0.15, -0.1) is 0 Å². The molecule has 0 spiro atoms. The maximum atomic E-state index is 14.0. The van der Waals surface area contributed by atoms with Gasteiger partial charge in [0, 0.05) is 22.5 Å². The third-order valence-electron chi connectivity index (χ3n) is 4.78. The van der Waals surface area contributed by atoms with Crippen molar-refractivity contribution in [3.8, 4) is 0 Å². The lowest BCUT2D eigenvalue weighted by Crippen LogP contribution is -2.41. The van der Waals surface area contributed by atoms with E-state index in [1.54, 1.807) is 24.0 Å². The Hall–Kier alpha value is -3.00. The van der Waals surface area contributed by atoms with Gasteiger partial charge in [-0.05, 0) is 58.6 Å². The Balaban J connectivity index is 2.03. The Kier molecular flexibility index (Phi) is 6.36. The second-order valence-electron chi connectivity index (χ2n) is 7.19. The number of hydrazine groups is 1. The zero-order valence-electron chi connectivity index (χ0n) is 16.8. The van der Waals surface area contributed by atoms with Gasteiger partial charge in [0.2, 0.25) is 11.8 Å². The molecule has 0 aliphatic carbocycles. The number of rotatable bonds is 3. The summed E-state index contributed by atoms with van der Waals surface area (Å²) >= 11 is 3.46. The van der Waals surface area contributed by atoms with Gasteiger partial charge in [0.1, 0.15) is 5.82 Å². The average molecular weight is 474 g/mol. The number of fused-ring (bicyclic) bond motifs is 1. The van der Waals surface area contributed by atoms with Gasteiger partial charge in [-0.3, -0.25) is 25.2 Å². The molecule has 6 nitrogen and oxygen atoms in total. The van der Waals surface area contributed by atoms with Gasteiger partial charge >= 0.3 is 0 Å². The zero-order valence-corrected chi connectivity index (χ0v) is 18.4. The molecule has 2 aromatic carbocycles. The van der Waals surface area contributed by atoms with Crippen molar-refractivity contribution in [2.75, 3.05) is 4.90 Å². The van der Waals surface area contributed by atoms with Crippen LogP contribution in [0.3, 0.4) is 0 Å². The van der Waals surface area contributed by atoms with E-state index in [-0.39, 0.29) is 30.3 Å². The summed E-state index contributed by atoms with van der Waals surface area (Å²) in [7, 11) is 0. The van der Waals surface area contributed by atoms with Crippen molar-refractivity contribution in [1.29, 1.82) is 0 Å². The highest BCUT2D eigenvalue weighted by atomic mass is 79.9. The molecule has 2 N–H and O–H groups in total. The molecule has 156 valence electrons.